The number of nitrogens with one attached hydrogen (secondary N) is 2. The number of para-hydroxylation sites is 2. The van der Waals surface area contributed by atoms with Gasteiger partial charge in [-0.1, -0.05) is 18.2 Å². The van der Waals surface area contributed by atoms with E-state index < -0.39 is 6.10 Å². The summed E-state index contributed by atoms with van der Waals surface area (Å²) >= 11 is 1.54. The van der Waals surface area contributed by atoms with E-state index in [9.17, 15) is 9.59 Å². The van der Waals surface area contributed by atoms with Crippen LogP contribution in [0.1, 0.15) is 17.7 Å². The lowest BCUT2D eigenvalue weighted by Gasteiger charge is -2.15. The SMILES string of the molecule is NC[C@H]1CC[C@@H](C(=O)Nc2ccccc2NC(=O)Cc2cccs2)O1. The molecule has 0 aliphatic carbocycles. The summed E-state index contributed by atoms with van der Waals surface area (Å²) < 4.78 is 5.61. The molecule has 1 saturated heterocycles. The Bertz CT molecular complexity index is 733. The van der Waals surface area contributed by atoms with Crippen LogP contribution in [0.15, 0.2) is 41.8 Å². The molecule has 1 aliphatic heterocycles. The molecular formula is C18H21N3O3S. The Hall–Kier alpha value is -2.22. The second-order valence-electron chi connectivity index (χ2n) is 5.90. The van der Waals surface area contributed by atoms with Crippen molar-refractivity contribution in [2.75, 3.05) is 17.2 Å². The average Bonchev–Trinajstić information content (AvgIpc) is 3.28. The van der Waals surface area contributed by atoms with Crippen molar-refractivity contribution < 1.29 is 14.3 Å². The zero-order chi connectivity index (χ0) is 17.6. The van der Waals surface area contributed by atoms with E-state index in [2.05, 4.69) is 10.6 Å². The van der Waals surface area contributed by atoms with E-state index in [1.54, 1.807) is 12.1 Å². The van der Waals surface area contributed by atoms with Gasteiger partial charge in [-0.05, 0) is 36.4 Å². The number of ether oxygens (including phenoxy) is 1. The predicted octanol–water partition coefficient (Wildman–Crippen LogP) is 2.37. The third-order valence-corrected chi connectivity index (χ3v) is 4.91. The molecule has 2 amide bonds. The van der Waals surface area contributed by atoms with Gasteiger partial charge in [0.15, 0.2) is 0 Å². The molecule has 4 N–H and O–H groups in total. The molecule has 1 aliphatic rings. The molecule has 2 aromatic rings. The number of nitrogens with two attached hydrogens (primary N) is 1. The van der Waals surface area contributed by atoms with Gasteiger partial charge in [0.1, 0.15) is 6.10 Å². The summed E-state index contributed by atoms with van der Waals surface area (Å²) in [6.07, 6.45) is 1.19. The van der Waals surface area contributed by atoms with Crippen LogP contribution in [0.4, 0.5) is 11.4 Å². The summed E-state index contributed by atoms with van der Waals surface area (Å²) in [6.45, 7) is 0.416. The number of thiophene rings is 1. The number of rotatable bonds is 6. The van der Waals surface area contributed by atoms with Crippen molar-refractivity contribution in [1.29, 1.82) is 0 Å². The van der Waals surface area contributed by atoms with Crippen LogP contribution in [0.2, 0.25) is 0 Å². The van der Waals surface area contributed by atoms with Gasteiger partial charge in [0.2, 0.25) is 5.91 Å². The Morgan fingerprint density at radius 3 is 2.52 bits per heavy atom. The maximum atomic E-state index is 12.4. The maximum absolute atomic E-state index is 12.4. The number of amides is 2. The number of hydrogen-bond donors (Lipinski definition) is 3. The van der Waals surface area contributed by atoms with Gasteiger partial charge in [-0.15, -0.1) is 11.3 Å². The van der Waals surface area contributed by atoms with Crippen LogP contribution >= 0.6 is 11.3 Å². The number of anilines is 2. The van der Waals surface area contributed by atoms with Crippen molar-refractivity contribution >= 4 is 34.5 Å². The van der Waals surface area contributed by atoms with Crippen molar-refractivity contribution in [2.45, 2.75) is 31.5 Å². The van der Waals surface area contributed by atoms with Crippen LogP contribution in [0, 0.1) is 0 Å². The Kier molecular flexibility index (Phi) is 5.80. The highest BCUT2D eigenvalue weighted by molar-refractivity contribution is 7.10. The molecule has 0 saturated carbocycles. The molecule has 1 aromatic carbocycles. The highest BCUT2D eigenvalue weighted by Crippen LogP contribution is 2.25. The Balaban J connectivity index is 1.62. The number of carbonyl (C=O) groups excluding carboxylic acids is 2. The number of carbonyl (C=O) groups is 2. The number of benzene rings is 1. The highest BCUT2D eigenvalue weighted by Gasteiger charge is 2.30. The highest BCUT2D eigenvalue weighted by atomic mass is 32.1. The van der Waals surface area contributed by atoms with Crippen molar-refractivity contribution in [3.8, 4) is 0 Å². The van der Waals surface area contributed by atoms with Crippen LogP contribution < -0.4 is 16.4 Å². The molecule has 25 heavy (non-hydrogen) atoms. The van der Waals surface area contributed by atoms with Gasteiger partial charge < -0.3 is 21.1 Å². The van der Waals surface area contributed by atoms with Crippen molar-refractivity contribution in [2.24, 2.45) is 5.73 Å². The third-order valence-electron chi connectivity index (χ3n) is 4.04. The first-order valence-corrected chi connectivity index (χ1v) is 9.11. The topological polar surface area (TPSA) is 93.5 Å². The normalized spacial score (nSPS) is 19.6. The molecule has 3 rings (SSSR count). The van der Waals surface area contributed by atoms with E-state index >= 15 is 0 Å². The lowest BCUT2D eigenvalue weighted by atomic mass is 10.2. The molecular weight excluding hydrogens is 338 g/mol. The van der Waals surface area contributed by atoms with E-state index in [0.717, 1.165) is 11.3 Å². The zero-order valence-electron chi connectivity index (χ0n) is 13.7. The summed E-state index contributed by atoms with van der Waals surface area (Å²) in [5, 5.41) is 7.64. The van der Waals surface area contributed by atoms with Gasteiger partial charge in [0.25, 0.3) is 5.91 Å². The minimum Gasteiger partial charge on any atom is -0.364 e. The van der Waals surface area contributed by atoms with E-state index in [1.165, 1.54) is 11.3 Å². The van der Waals surface area contributed by atoms with Gasteiger partial charge in [0.05, 0.1) is 23.9 Å². The summed E-state index contributed by atoms with van der Waals surface area (Å²) in [7, 11) is 0. The van der Waals surface area contributed by atoms with Crippen molar-refractivity contribution in [3.05, 3.63) is 46.7 Å². The molecule has 2 heterocycles. The van der Waals surface area contributed by atoms with E-state index in [1.807, 2.05) is 29.6 Å². The lowest BCUT2D eigenvalue weighted by molar-refractivity contribution is -0.126. The third kappa shape index (κ3) is 4.66. The molecule has 0 spiro atoms. The van der Waals surface area contributed by atoms with Crippen molar-refractivity contribution in [3.63, 3.8) is 0 Å². The standard InChI is InChI=1S/C18H21N3O3S/c19-11-12-7-8-16(24-12)18(23)21-15-6-2-1-5-14(15)20-17(22)10-13-4-3-9-25-13/h1-6,9,12,16H,7-8,10-11,19H2,(H,20,22)(H,21,23)/t12-,16+/m1/s1. The second kappa shape index (κ2) is 8.24. The fraction of sp³-hybridized carbons (Fsp3) is 0.333. The van der Waals surface area contributed by atoms with Crippen molar-refractivity contribution in [1.82, 2.24) is 0 Å². The van der Waals surface area contributed by atoms with Crippen LogP contribution in [-0.2, 0) is 20.7 Å². The van der Waals surface area contributed by atoms with E-state index in [-0.39, 0.29) is 17.9 Å². The molecule has 2 atom stereocenters. The average molecular weight is 359 g/mol. The van der Waals surface area contributed by atoms with Gasteiger partial charge in [-0.25, -0.2) is 0 Å². The molecule has 7 heteroatoms. The molecule has 0 radical (unpaired) electrons. The van der Waals surface area contributed by atoms with Crippen LogP contribution in [0.5, 0.6) is 0 Å². The van der Waals surface area contributed by atoms with E-state index in [4.69, 9.17) is 10.5 Å². The van der Waals surface area contributed by atoms with Crippen LogP contribution in [-0.4, -0.2) is 30.6 Å². The molecule has 1 fully saturated rings. The van der Waals surface area contributed by atoms with Gasteiger partial charge in [0, 0.05) is 11.4 Å². The first-order valence-electron chi connectivity index (χ1n) is 8.23. The molecule has 0 bridgehead atoms. The van der Waals surface area contributed by atoms with Gasteiger partial charge >= 0.3 is 0 Å². The fourth-order valence-corrected chi connectivity index (χ4v) is 3.46. The summed E-state index contributed by atoms with van der Waals surface area (Å²) in [4.78, 5) is 25.6. The monoisotopic (exact) mass is 359 g/mol. The number of hydrogen-bond acceptors (Lipinski definition) is 5. The molecule has 1 aromatic heterocycles. The maximum Gasteiger partial charge on any atom is 0.253 e. The quantitative estimate of drug-likeness (QED) is 0.738. The van der Waals surface area contributed by atoms with Gasteiger partial charge in [-0.2, -0.15) is 0 Å². The molecule has 6 nitrogen and oxygen atoms in total. The molecule has 0 unspecified atom stereocenters. The first-order chi connectivity index (χ1) is 12.2. The first kappa shape index (κ1) is 17.6. The van der Waals surface area contributed by atoms with E-state index in [0.29, 0.717) is 30.8 Å². The van der Waals surface area contributed by atoms with Gasteiger partial charge in [-0.3, -0.25) is 9.59 Å². The Labute approximate surface area is 150 Å². The lowest BCUT2D eigenvalue weighted by Crippen LogP contribution is -2.30. The summed E-state index contributed by atoms with van der Waals surface area (Å²) in [6, 6.07) is 11.0. The van der Waals surface area contributed by atoms with Crippen LogP contribution in [0.3, 0.4) is 0 Å². The fourth-order valence-electron chi connectivity index (χ4n) is 2.75. The Morgan fingerprint density at radius 2 is 1.88 bits per heavy atom. The summed E-state index contributed by atoms with van der Waals surface area (Å²) in [5.74, 6) is -0.333. The van der Waals surface area contributed by atoms with Crippen LogP contribution in [0.25, 0.3) is 0 Å². The minimum atomic E-state index is -0.497. The minimum absolute atomic E-state index is 0.0588. The zero-order valence-corrected chi connectivity index (χ0v) is 14.6. The Morgan fingerprint density at radius 1 is 1.12 bits per heavy atom. The molecule has 132 valence electrons. The predicted molar refractivity (Wildman–Crippen MR) is 98.7 cm³/mol. The largest absolute Gasteiger partial charge is 0.364 e. The second-order valence-corrected chi connectivity index (χ2v) is 6.93. The summed E-state index contributed by atoms with van der Waals surface area (Å²) in [5.41, 5.74) is 6.72. The smallest absolute Gasteiger partial charge is 0.253 e.